The molecule has 6 nitrogen and oxygen atoms in total. The molecule has 0 aliphatic rings. The maximum atomic E-state index is 13.3. The van der Waals surface area contributed by atoms with Crippen LogP contribution in [0.1, 0.15) is 11.1 Å². The van der Waals surface area contributed by atoms with Crippen molar-refractivity contribution in [3.63, 3.8) is 0 Å². The molecule has 0 N–H and O–H groups in total. The smallest absolute Gasteiger partial charge is 0.104 e. The van der Waals surface area contributed by atoms with Gasteiger partial charge in [-0.3, -0.25) is 0 Å². The van der Waals surface area contributed by atoms with E-state index in [1.54, 1.807) is 11.3 Å². The Morgan fingerprint density at radius 1 is 0.237 bits per heavy atom. The van der Waals surface area contributed by atoms with E-state index in [9.17, 15) is 10.5 Å². The van der Waals surface area contributed by atoms with Crippen LogP contribution in [0.4, 0.5) is 0 Å². The largest absolute Gasteiger partial charge is 0.306 e. The summed E-state index contributed by atoms with van der Waals surface area (Å²) < 4.78 is 11.6. The highest BCUT2D eigenvalue weighted by Crippen LogP contribution is 2.53. The number of aromatic nitrogens is 4. The lowest BCUT2D eigenvalue weighted by atomic mass is 9.88. The predicted octanol–water partition coefficient (Wildman–Crippen LogP) is 22.9. The molecule has 93 heavy (non-hydrogen) atoms. The molecule has 0 aliphatic heterocycles. The molecule has 0 bridgehead atoms. The molecule has 19 aromatic rings. The zero-order valence-electron chi connectivity index (χ0n) is 50.0. The van der Waals surface area contributed by atoms with Crippen molar-refractivity contribution < 1.29 is 0 Å². The van der Waals surface area contributed by atoms with Gasteiger partial charge in [0.1, 0.15) is 23.3 Å². The minimum atomic E-state index is 0.394. The van der Waals surface area contributed by atoms with Gasteiger partial charge in [0.2, 0.25) is 0 Å². The van der Waals surface area contributed by atoms with Crippen LogP contribution >= 0.6 is 11.3 Å². The second-order valence-electron chi connectivity index (χ2n) is 24.0. The van der Waals surface area contributed by atoms with Gasteiger partial charge in [0.25, 0.3) is 0 Å². The van der Waals surface area contributed by atoms with Crippen molar-refractivity contribution in [3.05, 3.63) is 314 Å². The number of rotatable bonds is 8. The zero-order valence-corrected chi connectivity index (χ0v) is 50.8. The number of nitriles is 2. The number of hydrogen-bond acceptors (Lipinski definition) is 3. The van der Waals surface area contributed by atoms with Gasteiger partial charge in [0, 0.05) is 63.3 Å². The van der Waals surface area contributed by atoms with E-state index < -0.39 is 0 Å². The molecule has 0 saturated carbocycles. The molecule has 0 radical (unpaired) electrons. The molecular formula is C86H50N6S. The summed E-state index contributed by atoms with van der Waals surface area (Å²) in [6.07, 6.45) is 0. The summed E-state index contributed by atoms with van der Waals surface area (Å²) in [5.74, 6) is 0. The average Bonchev–Trinajstić information content (AvgIpc) is 1.56. The highest BCUT2D eigenvalue weighted by Gasteiger charge is 2.36. The van der Waals surface area contributed by atoms with Gasteiger partial charge in [-0.1, -0.05) is 243 Å². The number of nitrogens with zero attached hydrogens (tertiary/aromatic N) is 6. The van der Waals surface area contributed by atoms with Gasteiger partial charge in [0.15, 0.2) is 0 Å². The first-order valence-corrected chi connectivity index (χ1v) is 32.2. The van der Waals surface area contributed by atoms with Crippen LogP contribution in [-0.2, 0) is 0 Å². The fourth-order valence-corrected chi connectivity index (χ4v) is 16.7. The summed E-state index contributed by atoms with van der Waals surface area (Å²) in [6.45, 7) is 0. The SMILES string of the molecule is N#Cc1c(-n2c3ccccc3c3ccccc32)c(-n2c3ccccc3c3ccccc32)c(C#N)c(-n2c3cc(-c4ccccc4-c4ccccc4)cc(-c4ccccc4-c4ccccc4)c3c3c4sc5ccccc5c4ccc32)c1-n1c2ccccc2c2ccccc21. The van der Waals surface area contributed by atoms with Crippen molar-refractivity contribution in [1.82, 2.24) is 18.3 Å². The quantitative estimate of drug-likeness (QED) is 0.152. The van der Waals surface area contributed by atoms with Gasteiger partial charge < -0.3 is 18.3 Å². The fraction of sp³-hybridized carbons (Fsp3) is 0. The second-order valence-corrected chi connectivity index (χ2v) is 25.0. The van der Waals surface area contributed by atoms with E-state index in [1.807, 2.05) is 0 Å². The van der Waals surface area contributed by atoms with E-state index in [0.29, 0.717) is 33.9 Å². The summed E-state index contributed by atoms with van der Waals surface area (Å²) in [4.78, 5) is 0. The van der Waals surface area contributed by atoms with E-state index in [1.165, 1.54) is 10.1 Å². The van der Waals surface area contributed by atoms with E-state index in [4.69, 9.17) is 0 Å². The maximum absolute atomic E-state index is 13.3. The monoisotopic (exact) mass is 1200 g/mol. The van der Waals surface area contributed by atoms with Crippen LogP contribution in [0, 0.1) is 22.7 Å². The lowest BCUT2D eigenvalue weighted by Gasteiger charge is -2.27. The van der Waals surface area contributed by atoms with Crippen molar-refractivity contribution in [3.8, 4) is 79.4 Å². The summed E-state index contributed by atoms with van der Waals surface area (Å²) in [5.41, 5.74) is 18.9. The maximum Gasteiger partial charge on any atom is 0.104 e. The number of fused-ring (bicyclic) bond motifs is 16. The van der Waals surface area contributed by atoms with Gasteiger partial charge in [-0.15, -0.1) is 11.3 Å². The molecule has 430 valence electrons. The minimum Gasteiger partial charge on any atom is -0.306 e. The standard InChI is InChI=1S/C86H50N6S/c87-51-69-82(89-71-40-18-11-33-60(71)61-34-12-19-41-72(61)89)83(90-73-42-20-13-35-62(73)63-36-14-21-43-74(63)90)70(52-88)85(84(69)91-75-44-22-15-37-64(75)65-38-16-23-45-76(65)91)92-77-48-47-67-66-39-17-24-46-79(66)93-86(67)81(77)80-68(59-32-10-9-30-57(59)54-27-5-2-6-28-54)49-55(50-78(80)92)58-31-8-7-29-56(58)53-25-3-1-4-26-53/h1-50H. The Bertz CT molecular complexity index is 6300. The van der Waals surface area contributed by atoms with Crippen molar-refractivity contribution in [2.75, 3.05) is 0 Å². The number of hydrogen-bond donors (Lipinski definition) is 0. The second kappa shape index (κ2) is 20.5. The van der Waals surface area contributed by atoms with Crippen LogP contribution in [-0.4, -0.2) is 18.3 Å². The first-order chi connectivity index (χ1) is 46.1. The first kappa shape index (κ1) is 52.4. The molecule has 0 saturated heterocycles. The molecule has 0 amide bonds. The van der Waals surface area contributed by atoms with Gasteiger partial charge in [-0.2, -0.15) is 10.5 Å². The van der Waals surface area contributed by atoms with Crippen molar-refractivity contribution >= 4 is 119 Å². The molecule has 5 heterocycles. The fourth-order valence-electron chi connectivity index (χ4n) is 15.5. The molecule has 0 fully saturated rings. The van der Waals surface area contributed by atoms with Gasteiger partial charge in [-0.25, -0.2) is 0 Å². The van der Waals surface area contributed by atoms with Gasteiger partial charge in [0.05, 0.1) is 66.9 Å². The topological polar surface area (TPSA) is 67.3 Å². The number of benzene rings is 14. The Morgan fingerprint density at radius 2 is 0.570 bits per heavy atom. The Kier molecular flexibility index (Phi) is 11.6. The zero-order chi connectivity index (χ0) is 61.4. The summed E-state index contributed by atoms with van der Waals surface area (Å²) in [6, 6.07) is 114. The van der Waals surface area contributed by atoms with Crippen LogP contribution in [0.25, 0.3) is 175 Å². The first-order valence-electron chi connectivity index (χ1n) is 31.4. The molecule has 0 spiro atoms. The number of thiophene rings is 1. The molecule has 0 atom stereocenters. The van der Waals surface area contributed by atoms with Crippen molar-refractivity contribution in [2.24, 2.45) is 0 Å². The Labute approximate surface area is 538 Å². The van der Waals surface area contributed by atoms with Crippen molar-refractivity contribution in [1.29, 1.82) is 10.5 Å². The van der Waals surface area contributed by atoms with Crippen LogP contribution < -0.4 is 0 Å². The third kappa shape index (κ3) is 7.54. The van der Waals surface area contributed by atoms with Crippen LogP contribution in [0.3, 0.4) is 0 Å². The van der Waals surface area contributed by atoms with E-state index >= 15 is 0 Å². The summed E-state index contributed by atoms with van der Waals surface area (Å²) >= 11 is 1.81. The van der Waals surface area contributed by atoms with E-state index in [0.717, 1.165) is 142 Å². The Balaban J connectivity index is 1.12. The Morgan fingerprint density at radius 3 is 0.989 bits per heavy atom. The number of para-hydroxylation sites is 6. The molecule has 14 aromatic carbocycles. The normalized spacial score (nSPS) is 11.8. The molecule has 5 aromatic heterocycles. The molecule has 0 aliphatic carbocycles. The molecular weight excluding hydrogens is 1150 g/mol. The Hall–Kier alpha value is -12.5. The van der Waals surface area contributed by atoms with Gasteiger partial charge >= 0.3 is 0 Å². The van der Waals surface area contributed by atoms with Crippen molar-refractivity contribution in [2.45, 2.75) is 0 Å². The third-order valence-corrected chi connectivity index (χ3v) is 20.5. The predicted molar refractivity (Wildman–Crippen MR) is 388 cm³/mol. The summed E-state index contributed by atoms with van der Waals surface area (Å²) in [7, 11) is 0. The summed E-state index contributed by atoms with van der Waals surface area (Å²) in [5, 5.41) is 37.1. The van der Waals surface area contributed by atoms with Crippen LogP contribution in [0.2, 0.25) is 0 Å². The van der Waals surface area contributed by atoms with Crippen LogP contribution in [0.15, 0.2) is 303 Å². The van der Waals surface area contributed by atoms with Gasteiger partial charge in [-0.05, 0) is 105 Å². The molecule has 19 rings (SSSR count). The highest BCUT2D eigenvalue weighted by molar-refractivity contribution is 7.26. The lowest BCUT2D eigenvalue weighted by molar-refractivity contribution is 1.02. The molecule has 7 heteroatoms. The lowest BCUT2D eigenvalue weighted by Crippen LogP contribution is -2.16. The van der Waals surface area contributed by atoms with E-state index in [2.05, 4.69) is 334 Å². The third-order valence-electron chi connectivity index (χ3n) is 19.3. The average molecular weight is 1200 g/mol. The van der Waals surface area contributed by atoms with Crippen LogP contribution in [0.5, 0.6) is 0 Å². The minimum absolute atomic E-state index is 0.394. The van der Waals surface area contributed by atoms with E-state index in [-0.39, 0.29) is 0 Å². The highest BCUT2D eigenvalue weighted by atomic mass is 32.1. The molecule has 0 unspecified atom stereocenters.